The highest BCUT2D eigenvalue weighted by Gasteiger charge is 2.45. The third-order valence-corrected chi connectivity index (χ3v) is 5.59. The Balaban J connectivity index is 1.87. The van der Waals surface area contributed by atoms with Gasteiger partial charge in [-0.3, -0.25) is 9.59 Å². The van der Waals surface area contributed by atoms with Crippen LogP contribution in [0.2, 0.25) is 0 Å². The Kier molecular flexibility index (Phi) is 4.69. The largest absolute Gasteiger partial charge is 0.389 e. The fourth-order valence-electron chi connectivity index (χ4n) is 3.83. The van der Waals surface area contributed by atoms with Gasteiger partial charge in [0.15, 0.2) is 0 Å². The molecule has 1 aromatic heterocycles. The maximum atomic E-state index is 14.5. The Bertz CT molecular complexity index is 1060. The first-order chi connectivity index (χ1) is 14.1. The quantitative estimate of drug-likeness (QED) is 0.698. The molecule has 1 aliphatic carbocycles. The van der Waals surface area contributed by atoms with E-state index in [1.54, 1.807) is 17.9 Å². The lowest BCUT2D eigenvalue weighted by Gasteiger charge is -2.43. The van der Waals surface area contributed by atoms with Crippen LogP contribution in [0.3, 0.4) is 0 Å². The van der Waals surface area contributed by atoms with Gasteiger partial charge in [0.05, 0.1) is 29.1 Å². The zero-order valence-corrected chi connectivity index (χ0v) is 16.4. The van der Waals surface area contributed by atoms with Gasteiger partial charge in [0.1, 0.15) is 5.69 Å². The Morgan fingerprint density at radius 1 is 1.33 bits per heavy atom. The number of hydrogen-bond donors (Lipinski definition) is 3. The van der Waals surface area contributed by atoms with Gasteiger partial charge in [0.25, 0.3) is 11.8 Å². The van der Waals surface area contributed by atoms with E-state index in [0.717, 1.165) is 0 Å². The first-order valence-electron chi connectivity index (χ1n) is 9.54. The summed E-state index contributed by atoms with van der Waals surface area (Å²) in [4.78, 5) is 33.6. The molecule has 0 bridgehead atoms. The van der Waals surface area contributed by atoms with E-state index in [2.05, 4.69) is 15.3 Å². The maximum absolute atomic E-state index is 14.5. The normalized spacial score (nSPS) is 21.7. The summed E-state index contributed by atoms with van der Waals surface area (Å²) in [7, 11) is 0. The molecule has 30 heavy (non-hydrogen) atoms. The van der Waals surface area contributed by atoms with Gasteiger partial charge < -0.3 is 21.1 Å². The van der Waals surface area contributed by atoms with Gasteiger partial charge in [-0.05, 0) is 25.5 Å². The Labute approximate surface area is 171 Å². The molecule has 1 aromatic carbocycles. The van der Waals surface area contributed by atoms with Gasteiger partial charge in [-0.15, -0.1) is 0 Å². The number of benzene rings is 1. The minimum atomic E-state index is -3.08. The lowest BCUT2D eigenvalue weighted by Crippen LogP contribution is -2.59. The van der Waals surface area contributed by atoms with Crippen LogP contribution >= 0.6 is 0 Å². The van der Waals surface area contributed by atoms with E-state index in [1.807, 2.05) is 0 Å². The second-order valence-corrected chi connectivity index (χ2v) is 7.67. The van der Waals surface area contributed by atoms with Gasteiger partial charge >= 0.3 is 0 Å². The number of β-amino-alcohol motifs (C(OH)–C–C–N with tert-alkyl or cyclic N) is 1. The highest BCUT2D eigenvalue weighted by molar-refractivity contribution is 6.03. The third-order valence-electron chi connectivity index (χ3n) is 5.59. The molecular weight excluding hydrogens is 396 g/mol. The number of carbonyl (C=O) groups excluding carboxylic acids is 2. The number of halogens is 2. The summed E-state index contributed by atoms with van der Waals surface area (Å²) in [6.07, 6.45) is -0.848. The van der Waals surface area contributed by atoms with E-state index in [0.29, 0.717) is 16.8 Å². The Hall–Kier alpha value is -3.14. The zero-order chi connectivity index (χ0) is 21.8. The summed E-state index contributed by atoms with van der Waals surface area (Å²) in [6.45, 7) is 3.30. The fourth-order valence-corrected chi connectivity index (χ4v) is 3.83. The number of hydrogen-bond acceptors (Lipinski definition) is 6. The van der Waals surface area contributed by atoms with Gasteiger partial charge in [0, 0.05) is 31.0 Å². The van der Waals surface area contributed by atoms with Crippen LogP contribution in [0.4, 0.5) is 20.4 Å². The minimum absolute atomic E-state index is 0.100. The molecule has 8 nitrogen and oxygen atoms in total. The lowest BCUT2D eigenvalue weighted by atomic mass is 10.0. The lowest BCUT2D eigenvalue weighted by molar-refractivity contribution is -0.114. The van der Waals surface area contributed by atoms with E-state index >= 15 is 0 Å². The smallest absolute Gasteiger partial charge is 0.290 e. The van der Waals surface area contributed by atoms with E-state index in [9.17, 15) is 23.5 Å². The molecule has 0 spiro atoms. The van der Waals surface area contributed by atoms with Crippen molar-refractivity contribution >= 4 is 23.5 Å². The van der Waals surface area contributed by atoms with E-state index in [1.165, 1.54) is 19.1 Å². The molecule has 4 rings (SSSR count). The first kappa shape index (κ1) is 20.1. The summed E-state index contributed by atoms with van der Waals surface area (Å²) in [6, 6.07) is 4.19. The van der Waals surface area contributed by atoms with Crippen LogP contribution in [0.15, 0.2) is 18.2 Å². The van der Waals surface area contributed by atoms with Crippen LogP contribution in [0.1, 0.15) is 41.9 Å². The second-order valence-electron chi connectivity index (χ2n) is 7.67. The van der Waals surface area contributed by atoms with Crippen molar-refractivity contribution in [3.63, 3.8) is 0 Å². The molecule has 10 heteroatoms. The van der Waals surface area contributed by atoms with Crippen molar-refractivity contribution in [1.82, 2.24) is 9.97 Å². The number of primary amides is 1. The van der Waals surface area contributed by atoms with E-state index in [-0.39, 0.29) is 48.3 Å². The van der Waals surface area contributed by atoms with E-state index < -0.39 is 23.8 Å². The highest BCUT2D eigenvalue weighted by Crippen LogP contribution is 2.45. The number of aliphatic hydroxyl groups excluding tert-OH is 1. The topological polar surface area (TPSA) is 121 Å². The summed E-state index contributed by atoms with van der Waals surface area (Å²) in [5.41, 5.74) is 6.43. The van der Waals surface area contributed by atoms with Gasteiger partial charge in [-0.1, -0.05) is 6.07 Å². The molecule has 0 saturated carbocycles. The molecule has 4 N–H and O–H groups in total. The number of nitrogens with zero attached hydrogens (tertiary/aromatic N) is 3. The highest BCUT2D eigenvalue weighted by atomic mass is 19.3. The number of fused-ring (bicyclic) bond motifs is 1. The molecule has 0 unspecified atom stereocenters. The number of carbonyl (C=O) groups is 2. The molecule has 2 atom stereocenters. The summed E-state index contributed by atoms with van der Waals surface area (Å²) < 4.78 is 29.0. The molecule has 1 saturated heterocycles. The number of aromatic nitrogens is 2. The first-order valence-corrected chi connectivity index (χ1v) is 9.54. The molecule has 2 aromatic rings. The monoisotopic (exact) mass is 417 g/mol. The Morgan fingerprint density at radius 3 is 2.67 bits per heavy atom. The van der Waals surface area contributed by atoms with Crippen LogP contribution in [-0.2, 0) is 17.1 Å². The van der Waals surface area contributed by atoms with Crippen molar-refractivity contribution in [1.29, 1.82) is 0 Å². The molecular formula is C20H21F2N5O3. The standard InChI is InChI=1S/C20H21F2N5O3/c1-9-15(29)8-27(9)19-25-16(13-5-6-20(21,22)17(13)26-19)11-3-4-12(18(23)30)14(7-11)24-10(2)28/h3-4,7,9,15,29H,5-6,8H2,1-2H3,(H2,23,30)(H,24,28)/t9-,15+/m0/s1. The van der Waals surface area contributed by atoms with E-state index in [4.69, 9.17) is 5.73 Å². The summed E-state index contributed by atoms with van der Waals surface area (Å²) in [5.74, 6) is -4.10. The molecule has 2 amide bonds. The van der Waals surface area contributed by atoms with Crippen LogP contribution in [0, 0.1) is 0 Å². The van der Waals surface area contributed by atoms with Gasteiger partial charge in [-0.2, -0.15) is 8.78 Å². The molecule has 2 aliphatic rings. The van der Waals surface area contributed by atoms with Crippen molar-refractivity contribution in [3.05, 3.63) is 35.0 Å². The van der Waals surface area contributed by atoms with Gasteiger partial charge in [-0.25, -0.2) is 9.97 Å². The zero-order valence-electron chi connectivity index (χ0n) is 16.4. The van der Waals surface area contributed by atoms with Gasteiger partial charge in [0.2, 0.25) is 11.9 Å². The summed E-state index contributed by atoms with van der Waals surface area (Å²) in [5, 5.41) is 12.4. The maximum Gasteiger partial charge on any atom is 0.290 e. The predicted molar refractivity (Wildman–Crippen MR) is 105 cm³/mol. The number of anilines is 2. The van der Waals surface area contributed by atoms with Crippen LogP contribution < -0.4 is 16.0 Å². The van der Waals surface area contributed by atoms with Crippen molar-refractivity contribution in [2.75, 3.05) is 16.8 Å². The van der Waals surface area contributed by atoms with Crippen LogP contribution in [0.25, 0.3) is 11.3 Å². The average Bonchev–Trinajstić information content (AvgIpc) is 2.99. The molecule has 1 aliphatic heterocycles. The van der Waals surface area contributed by atoms with Crippen molar-refractivity contribution in [2.24, 2.45) is 5.73 Å². The van der Waals surface area contributed by atoms with Crippen molar-refractivity contribution in [2.45, 2.75) is 44.8 Å². The minimum Gasteiger partial charge on any atom is -0.389 e. The molecule has 0 radical (unpaired) electrons. The second kappa shape index (κ2) is 6.98. The number of aliphatic hydroxyl groups is 1. The Morgan fingerprint density at radius 2 is 2.07 bits per heavy atom. The average molecular weight is 417 g/mol. The SMILES string of the molecule is CC(=O)Nc1cc(-c2nc(N3C[C@@H](O)[C@@H]3C)nc3c2CCC3(F)F)ccc1C(N)=O. The number of nitrogens with one attached hydrogen (secondary N) is 1. The number of rotatable bonds is 4. The molecule has 2 heterocycles. The molecule has 1 fully saturated rings. The summed E-state index contributed by atoms with van der Waals surface area (Å²) >= 11 is 0. The number of nitrogens with two attached hydrogens (primary N) is 1. The van der Waals surface area contributed by atoms with Crippen LogP contribution in [0.5, 0.6) is 0 Å². The van der Waals surface area contributed by atoms with Crippen molar-refractivity contribution in [3.8, 4) is 11.3 Å². The van der Waals surface area contributed by atoms with Crippen LogP contribution in [-0.4, -0.2) is 45.6 Å². The number of amides is 2. The van der Waals surface area contributed by atoms with Crippen molar-refractivity contribution < 1.29 is 23.5 Å². The fraction of sp³-hybridized carbons (Fsp3) is 0.400. The number of alkyl halides is 2. The third kappa shape index (κ3) is 3.26. The molecule has 158 valence electrons. The predicted octanol–water partition coefficient (Wildman–Crippen LogP) is 1.81.